The average molecular weight is 269 g/mol. The summed E-state index contributed by atoms with van der Waals surface area (Å²) in [5.41, 5.74) is 3.26. The number of amides is 1. The van der Waals surface area contributed by atoms with Crippen LogP contribution in [0.2, 0.25) is 0 Å². The van der Waals surface area contributed by atoms with Crippen molar-refractivity contribution in [1.29, 1.82) is 0 Å². The zero-order chi connectivity index (χ0) is 14.4. The summed E-state index contributed by atoms with van der Waals surface area (Å²) in [4.78, 5) is 11.7. The number of allylic oxidation sites excluding steroid dienone is 1. The summed E-state index contributed by atoms with van der Waals surface area (Å²) in [7, 11) is 0. The molecule has 1 N–H and O–H groups in total. The summed E-state index contributed by atoms with van der Waals surface area (Å²) in [6, 6.07) is 9.97. The summed E-state index contributed by atoms with van der Waals surface area (Å²) < 4.78 is 1.87. The first kappa shape index (κ1) is 14.1. The van der Waals surface area contributed by atoms with Crippen LogP contribution in [0.1, 0.15) is 25.0 Å². The maximum atomic E-state index is 11.7. The van der Waals surface area contributed by atoms with Gasteiger partial charge in [-0.2, -0.15) is 5.10 Å². The third-order valence-electron chi connectivity index (χ3n) is 2.88. The van der Waals surface area contributed by atoms with Gasteiger partial charge in [0.2, 0.25) is 5.91 Å². The highest BCUT2D eigenvalue weighted by molar-refractivity contribution is 5.87. The number of benzene rings is 1. The lowest BCUT2D eigenvalue weighted by Gasteiger charge is -2.10. The van der Waals surface area contributed by atoms with E-state index in [0.717, 1.165) is 16.7 Å². The molecule has 0 aliphatic carbocycles. The van der Waals surface area contributed by atoms with Crippen molar-refractivity contribution in [3.8, 4) is 0 Å². The normalized spacial score (nSPS) is 10.1. The van der Waals surface area contributed by atoms with Gasteiger partial charge in [0.1, 0.15) is 0 Å². The first-order chi connectivity index (χ1) is 9.65. The molecular weight excluding hydrogens is 250 g/mol. The largest absolute Gasteiger partial charge is 0.348 e. The molecule has 2 aromatic rings. The van der Waals surface area contributed by atoms with Gasteiger partial charge in [-0.15, -0.1) is 0 Å². The Hall–Kier alpha value is -2.36. The average Bonchev–Trinajstić information content (AvgIpc) is 2.90. The Morgan fingerprint density at radius 1 is 1.25 bits per heavy atom. The smallest absolute Gasteiger partial charge is 0.244 e. The molecule has 1 heterocycles. The first-order valence-electron chi connectivity index (χ1n) is 6.62. The monoisotopic (exact) mass is 269 g/mol. The lowest BCUT2D eigenvalue weighted by atomic mass is 10.1. The molecule has 0 aliphatic heterocycles. The highest BCUT2D eigenvalue weighted by atomic mass is 16.1. The Bertz CT molecular complexity index is 596. The van der Waals surface area contributed by atoms with E-state index in [-0.39, 0.29) is 5.91 Å². The Labute approximate surface area is 119 Å². The zero-order valence-electron chi connectivity index (χ0n) is 11.8. The minimum Gasteiger partial charge on any atom is -0.348 e. The molecule has 0 aliphatic rings. The van der Waals surface area contributed by atoms with Gasteiger partial charge in [-0.05, 0) is 31.0 Å². The third-order valence-corrected chi connectivity index (χ3v) is 2.88. The van der Waals surface area contributed by atoms with Crippen LogP contribution in [-0.4, -0.2) is 15.7 Å². The number of nitrogens with zero attached hydrogens (tertiary/aromatic N) is 2. The van der Waals surface area contributed by atoms with Gasteiger partial charge < -0.3 is 5.32 Å². The number of nitrogens with one attached hydrogen (secondary N) is 1. The maximum Gasteiger partial charge on any atom is 0.244 e. The van der Waals surface area contributed by atoms with Crippen LogP contribution in [0.4, 0.5) is 0 Å². The molecule has 0 radical (unpaired) electrons. The molecule has 1 aromatic heterocycles. The van der Waals surface area contributed by atoms with Gasteiger partial charge in [0.05, 0.1) is 6.54 Å². The van der Waals surface area contributed by atoms with Gasteiger partial charge in [0, 0.05) is 25.0 Å². The quantitative estimate of drug-likeness (QED) is 0.848. The molecule has 4 heteroatoms. The van der Waals surface area contributed by atoms with Gasteiger partial charge in [-0.1, -0.05) is 29.8 Å². The predicted molar refractivity (Wildman–Crippen MR) is 79.0 cm³/mol. The molecule has 0 atom stereocenters. The van der Waals surface area contributed by atoms with Crippen molar-refractivity contribution in [3.63, 3.8) is 0 Å². The van der Waals surface area contributed by atoms with Crippen LogP contribution >= 0.6 is 0 Å². The highest BCUT2D eigenvalue weighted by Crippen LogP contribution is 2.10. The second kappa shape index (κ2) is 6.70. The molecule has 1 aromatic carbocycles. The number of aromatic nitrogens is 2. The van der Waals surface area contributed by atoms with Crippen LogP contribution in [0.3, 0.4) is 0 Å². The fourth-order valence-electron chi connectivity index (χ4n) is 1.95. The molecule has 20 heavy (non-hydrogen) atoms. The fourth-order valence-corrected chi connectivity index (χ4v) is 1.95. The van der Waals surface area contributed by atoms with E-state index < -0.39 is 0 Å². The number of carbonyl (C=O) groups is 1. The van der Waals surface area contributed by atoms with Crippen molar-refractivity contribution >= 4 is 5.91 Å². The van der Waals surface area contributed by atoms with E-state index >= 15 is 0 Å². The van der Waals surface area contributed by atoms with Crippen LogP contribution in [-0.2, 0) is 17.9 Å². The summed E-state index contributed by atoms with van der Waals surface area (Å²) in [6.07, 6.45) is 5.30. The van der Waals surface area contributed by atoms with E-state index in [9.17, 15) is 4.79 Å². The standard InChI is InChI=1S/C16H19N3O/c1-13(2)10-16(20)17-11-14-6-3-4-7-15(14)12-19-9-5-8-18-19/h3-10H,11-12H2,1-2H3,(H,17,20). The predicted octanol–water partition coefficient (Wildman–Crippen LogP) is 2.51. The summed E-state index contributed by atoms with van der Waals surface area (Å²) in [6.45, 7) is 5.05. The summed E-state index contributed by atoms with van der Waals surface area (Å²) in [5, 5.41) is 7.11. The minimum absolute atomic E-state index is 0.0566. The van der Waals surface area contributed by atoms with E-state index in [1.165, 1.54) is 0 Å². The van der Waals surface area contributed by atoms with Gasteiger partial charge in [0.15, 0.2) is 0 Å². The van der Waals surface area contributed by atoms with Crippen molar-refractivity contribution in [2.75, 3.05) is 0 Å². The molecule has 4 nitrogen and oxygen atoms in total. The van der Waals surface area contributed by atoms with Crippen LogP contribution in [0.5, 0.6) is 0 Å². The molecule has 2 rings (SSSR count). The number of carbonyl (C=O) groups excluding carboxylic acids is 1. The number of hydrogen-bond acceptors (Lipinski definition) is 2. The Morgan fingerprint density at radius 2 is 2.00 bits per heavy atom. The van der Waals surface area contributed by atoms with E-state index in [0.29, 0.717) is 13.1 Å². The second-order valence-corrected chi connectivity index (χ2v) is 4.91. The Kier molecular flexibility index (Phi) is 4.71. The van der Waals surface area contributed by atoms with Crippen molar-refractivity contribution in [3.05, 3.63) is 65.5 Å². The van der Waals surface area contributed by atoms with Crippen molar-refractivity contribution in [2.45, 2.75) is 26.9 Å². The van der Waals surface area contributed by atoms with Crippen molar-refractivity contribution in [1.82, 2.24) is 15.1 Å². The Morgan fingerprint density at radius 3 is 2.65 bits per heavy atom. The van der Waals surface area contributed by atoms with Crippen LogP contribution in [0, 0.1) is 0 Å². The molecular formula is C16H19N3O. The number of rotatable bonds is 5. The fraction of sp³-hybridized carbons (Fsp3) is 0.250. The molecule has 104 valence electrons. The van der Waals surface area contributed by atoms with Crippen LogP contribution < -0.4 is 5.32 Å². The molecule has 0 spiro atoms. The third kappa shape index (κ3) is 4.09. The first-order valence-corrected chi connectivity index (χ1v) is 6.62. The van der Waals surface area contributed by atoms with Gasteiger partial charge in [-0.25, -0.2) is 0 Å². The molecule has 0 fully saturated rings. The number of hydrogen-bond donors (Lipinski definition) is 1. The molecule has 0 saturated carbocycles. The van der Waals surface area contributed by atoms with Crippen LogP contribution in [0.15, 0.2) is 54.4 Å². The molecule has 0 bridgehead atoms. The van der Waals surface area contributed by atoms with Gasteiger partial charge >= 0.3 is 0 Å². The zero-order valence-corrected chi connectivity index (χ0v) is 11.8. The molecule has 0 saturated heterocycles. The SMILES string of the molecule is CC(C)=CC(=O)NCc1ccccc1Cn1cccn1. The topological polar surface area (TPSA) is 46.9 Å². The lowest BCUT2D eigenvalue weighted by Crippen LogP contribution is -2.21. The van der Waals surface area contributed by atoms with E-state index in [4.69, 9.17) is 0 Å². The highest BCUT2D eigenvalue weighted by Gasteiger charge is 2.04. The van der Waals surface area contributed by atoms with Gasteiger partial charge in [-0.3, -0.25) is 9.48 Å². The van der Waals surface area contributed by atoms with Gasteiger partial charge in [0.25, 0.3) is 0 Å². The van der Waals surface area contributed by atoms with Crippen molar-refractivity contribution in [2.24, 2.45) is 0 Å². The Balaban J connectivity index is 2.04. The summed E-state index contributed by atoms with van der Waals surface area (Å²) >= 11 is 0. The minimum atomic E-state index is -0.0566. The summed E-state index contributed by atoms with van der Waals surface area (Å²) in [5.74, 6) is -0.0566. The second-order valence-electron chi connectivity index (χ2n) is 4.91. The van der Waals surface area contributed by atoms with Crippen LogP contribution in [0.25, 0.3) is 0 Å². The lowest BCUT2D eigenvalue weighted by molar-refractivity contribution is -0.116. The molecule has 0 unspecified atom stereocenters. The van der Waals surface area contributed by atoms with E-state index in [1.54, 1.807) is 12.3 Å². The maximum absolute atomic E-state index is 11.7. The van der Waals surface area contributed by atoms with E-state index in [2.05, 4.69) is 16.5 Å². The van der Waals surface area contributed by atoms with Crippen molar-refractivity contribution < 1.29 is 4.79 Å². The molecule has 1 amide bonds. The van der Waals surface area contributed by atoms with E-state index in [1.807, 2.05) is 49.0 Å².